The number of thioether (sulfide) groups is 1. The van der Waals surface area contributed by atoms with Gasteiger partial charge in [-0.25, -0.2) is 0 Å². The Morgan fingerprint density at radius 1 is 1.11 bits per heavy atom. The third-order valence-corrected chi connectivity index (χ3v) is 5.99. The normalized spacial score (nSPS) is 16.9. The molecule has 2 aromatic rings. The molecule has 0 spiro atoms. The lowest BCUT2D eigenvalue weighted by molar-refractivity contribution is -0.139. The molecule has 28 heavy (non-hydrogen) atoms. The zero-order valence-electron chi connectivity index (χ0n) is 15.8. The van der Waals surface area contributed by atoms with Crippen LogP contribution in [0.5, 0.6) is 5.75 Å². The van der Waals surface area contributed by atoms with Gasteiger partial charge in [-0.1, -0.05) is 11.8 Å². The molecule has 0 bridgehead atoms. The maximum atomic E-state index is 12.6. The molecule has 1 saturated heterocycles. The van der Waals surface area contributed by atoms with Crippen LogP contribution in [0.25, 0.3) is 5.69 Å². The molecule has 4 rings (SSSR count). The van der Waals surface area contributed by atoms with E-state index in [-0.39, 0.29) is 17.7 Å². The zero-order valence-corrected chi connectivity index (χ0v) is 16.6. The van der Waals surface area contributed by atoms with Crippen molar-refractivity contribution in [3.05, 3.63) is 30.6 Å². The molecule has 148 valence electrons. The van der Waals surface area contributed by atoms with Gasteiger partial charge in [0.2, 0.25) is 11.8 Å². The Morgan fingerprint density at radius 2 is 1.79 bits per heavy atom. The van der Waals surface area contributed by atoms with Crippen LogP contribution in [0.3, 0.4) is 0 Å². The fourth-order valence-electron chi connectivity index (χ4n) is 3.23. The first-order valence-electron chi connectivity index (χ1n) is 9.39. The van der Waals surface area contributed by atoms with Gasteiger partial charge in [-0.15, -0.1) is 10.2 Å². The Hall–Kier alpha value is -2.55. The van der Waals surface area contributed by atoms with E-state index in [1.54, 1.807) is 13.4 Å². The van der Waals surface area contributed by atoms with Crippen LogP contribution in [-0.2, 0) is 9.59 Å². The fraction of sp³-hybridized carbons (Fsp3) is 0.474. The molecule has 0 unspecified atom stereocenters. The number of hydrogen-bond donors (Lipinski definition) is 0. The standard InChI is InChI=1S/C19H23N5O3S/c1-27-16-6-4-15(5-7-16)24-13-20-21-19(24)28-12-17(25)22-8-10-23(11-9-22)18(26)14-2-3-14/h4-7,13-14H,2-3,8-12H2,1H3. The summed E-state index contributed by atoms with van der Waals surface area (Å²) in [6.45, 7) is 2.47. The van der Waals surface area contributed by atoms with Gasteiger partial charge in [-0.05, 0) is 37.1 Å². The van der Waals surface area contributed by atoms with E-state index in [0.717, 1.165) is 24.3 Å². The average molecular weight is 401 g/mol. The van der Waals surface area contributed by atoms with Gasteiger partial charge in [0.25, 0.3) is 0 Å². The summed E-state index contributed by atoms with van der Waals surface area (Å²) in [5, 5.41) is 8.78. The Bertz CT molecular complexity index is 842. The van der Waals surface area contributed by atoms with E-state index in [0.29, 0.717) is 37.1 Å². The molecule has 1 aliphatic heterocycles. The van der Waals surface area contributed by atoms with Crippen LogP contribution in [0, 0.1) is 5.92 Å². The topological polar surface area (TPSA) is 80.6 Å². The number of carbonyl (C=O) groups is 2. The second-order valence-electron chi connectivity index (χ2n) is 6.95. The largest absolute Gasteiger partial charge is 0.497 e. The molecule has 1 saturated carbocycles. The summed E-state index contributed by atoms with van der Waals surface area (Å²) in [6.07, 6.45) is 3.67. The molecule has 0 radical (unpaired) electrons. The van der Waals surface area contributed by atoms with Crippen molar-refractivity contribution >= 4 is 23.6 Å². The highest BCUT2D eigenvalue weighted by atomic mass is 32.2. The summed E-state index contributed by atoms with van der Waals surface area (Å²) in [7, 11) is 1.63. The Kier molecular flexibility index (Phi) is 5.52. The van der Waals surface area contributed by atoms with E-state index < -0.39 is 0 Å². The lowest BCUT2D eigenvalue weighted by Gasteiger charge is -2.34. The summed E-state index contributed by atoms with van der Waals surface area (Å²) in [5.74, 6) is 1.63. The number of carbonyl (C=O) groups excluding carboxylic acids is 2. The minimum atomic E-state index is 0.0628. The molecule has 1 aliphatic carbocycles. The lowest BCUT2D eigenvalue weighted by atomic mass is 10.2. The first-order chi connectivity index (χ1) is 13.7. The number of nitrogens with zero attached hydrogens (tertiary/aromatic N) is 5. The second-order valence-corrected chi connectivity index (χ2v) is 7.89. The van der Waals surface area contributed by atoms with E-state index in [1.807, 2.05) is 38.6 Å². The monoisotopic (exact) mass is 401 g/mol. The number of rotatable bonds is 6. The highest BCUT2D eigenvalue weighted by molar-refractivity contribution is 7.99. The molecule has 8 nitrogen and oxygen atoms in total. The number of aromatic nitrogens is 3. The van der Waals surface area contributed by atoms with E-state index in [4.69, 9.17) is 4.74 Å². The van der Waals surface area contributed by atoms with E-state index in [1.165, 1.54) is 11.8 Å². The van der Waals surface area contributed by atoms with E-state index in [2.05, 4.69) is 10.2 Å². The van der Waals surface area contributed by atoms with Gasteiger partial charge >= 0.3 is 0 Å². The lowest BCUT2D eigenvalue weighted by Crippen LogP contribution is -2.51. The molecule has 0 atom stereocenters. The number of methoxy groups -OCH3 is 1. The average Bonchev–Trinajstić information content (AvgIpc) is 3.49. The number of piperazine rings is 1. The summed E-state index contributed by atoms with van der Waals surface area (Å²) >= 11 is 1.37. The van der Waals surface area contributed by atoms with Crippen molar-refractivity contribution in [2.24, 2.45) is 5.92 Å². The second kappa shape index (κ2) is 8.22. The van der Waals surface area contributed by atoms with E-state index in [9.17, 15) is 9.59 Å². The number of ether oxygens (including phenoxy) is 1. The van der Waals surface area contributed by atoms with Crippen LogP contribution < -0.4 is 4.74 Å². The molecular formula is C19H23N5O3S. The van der Waals surface area contributed by atoms with Gasteiger partial charge in [0.1, 0.15) is 12.1 Å². The van der Waals surface area contributed by atoms with Crippen molar-refractivity contribution in [2.75, 3.05) is 39.0 Å². The third kappa shape index (κ3) is 4.14. The van der Waals surface area contributed by atoms with Crippen molar-refractivity contribution < 1.29 is 14.3 Å². The van der Waals surface area contributed by atoms with Crippen molar-refractivity contribution in [3.63, 3.8) is 0 Å². The van der Waals surface area contributed by atoms with Crippen molar-refractivity contribution in [3.8, 4) is 11.4 Å². The number of hydrogen-bond acceptors (Lipinski definition) is 6. The van der Waals surface area contributed by atoms with Crippen LogP contribution in [0.1, 0.15) is 12.8 Å². The van der Waals surface area contributed by atoms with Crippen LogP contribution in [0.15, 0.2) is 35.7 Å². The molecule has 2 fully saturated rings. The SMILES string of the molecule is COc1ccc(-n2cnnc2SCC(=O)N2CCN(C(=O)C3CC3)CC2)cc1. The number of amides is 2. The molecule has 9 heteroatoms. The minimum absolute atomic E-state index is 0.0628. The predicted molar refractivity (Wildman–Crippen MR) is 105 cm³/mol. The highest BCUT2D eigenvalue weighted by Crippen LogP contribution is 2.31. The smallest absolute Gasteiger partial charge is 0.233 e. The molecule has 1 aromatic heterocycles. The van der Waals surface area contributed by atoms with Gasteiger partial charge in [-0.3, -0.25) is 14.2 Å². The summed E-state index contributed by atoms with van der Waals surface area (Å²) < 4.78 is 7.03. The van der Waals surface area contributed by atoms with Gasteiger partial charge in [0, 0.05) is 37.8 Å². The quantitative estimate of drug-likeness (QED) is 0.682. The van der Waals surface area contributed by atoms with Crippen LogP contribution in [0.2, 0.25) is 0 Å². The Morgan fingerprint density at radius 3 is 2.43 bits per heavy atom. The third-order valence-electron chi connectivity index (χ3n) is 5.06. The molecule has 2 amide bonds. The summed E-state index contributed by atoms with van der Waals surface area (Å²) in [5.41, 5.74) is 0.910. The molecular weight excluding hydrogens is 378 g/mol. The molecule has 2 aliphatic rings. The van der Waals surface area contributed by atoms with Gasteiger partial charge in [0.05, 0.1) is 12.9 Å². The van der Waals surface area contributed by atoms with Gasteiger partial charge in [0.15, 0.2) is 5.16 Å². The van der Waals surface area contributed by atoms with Gasteiger partial charge in [-0.2, -0.15) is 0 Å². The predicted octanol–water partition coefficient (Wildman–Crippen LogP) is 1.45. The minimum Gasteiger partial charge on any atom is -0.497 e. The van der Waals surface area contributed by atoms with Crippen LogP contribution in [-0.4, -0.2) is 75.4 Å². The van der Waals surface area contributed by atoms with E-state index >= 15 is 0 Å². The first kappa shape index (κ1) is 18.8. The van der Waals surface area contributed by atoms with Crippen molar-refractivity contribution in [1.82, 2.24) is 24.6 Å². The summed E-state index contributed by atoms with van der Waals surface area (Å²) in [6, 6.07) is 7.59. The number of benzene rings is 1. The zero-order chi connectivity index (χ0) is 19.5. The van der Waals surface area contributed by atoms with Crippen LogP contribution >= 0.6 is 11.8 Å². The molecule has 2 heterocycles. The molecule has 0 N–H and O–H groups in total. The highest BCUT2D eigenvalue weighted by Gasteiger charge is 2.35. The summed E-state index contributed by atoms with van der Waals surface area (Å²) in [4.78, 5) is 28.4. The molecule has 1 aromatic carbocycles. The first-order valence-corrected chi connectivity index (χ1v) is 10.4. The fourth-order valence-corrected chi connectivity index (χ4v) is 4.06. The maximum absolute atomic E-state index is 12.6. The van der Waals surface area contributed by atoms with Crippen molar-refractivity contribution in [2.45, 2.75) is 18.0 Å². The van der Waals surface area contributed by atoms with Crippen LogP contribution in [0.4, 0.5) is 0 Å². The van der Waals surface area contributed by atoms with Crippen molar-refractivity contribution in [1.29, 1.82) is 0 Å². The van der Waals surface area contributed by atoms with Gasteiger partial charge < -0.3 is 14.5 Å². The Labute approximate surface area is 167 Å². The Balaban J connectivity index is 1.30. The maximum Gasteiger partial charge on any atom is 0.233 e.